The van der Waals surface area contributed by atoms with Gasteiger partial charge in [0.2, 0.25) is 0 Å². The van der Waals surface area contributed by atoms with E-state index in [1.165, 1.54) is 5.56 Å². The lowest BCUT2D eigenvalue weighted by molar-refractivity contribution is 0.0736. The largest absolute Gasteiger partial charge is 0.497 e. The number of pyridine rings is 1. The summed E-state index contributed by atoms with van der Waals surface area (Å²) in [7, 11) is 1.64. The third-order valence-electron chi connectivity index (χ3n) is 6.17. The van der Waals surface area contributed by atoms with Gasteiger partial charge in [-0.25, -0.2) is 9.78 Å². The number of nitrogens with zero attached hydrogens (tertiary/aromatic N) is 1. The van der Waals surface area contributed by atoms with Gasteiger partial charge in [0.05, 0.1) is 23.9 Å². The molecular weight excluding hydrogens is 422 g/mol. The molecule has 174 valence electrons. The van der Waals surface area contributed by atoms with E-state index >= 15 is 0 Å². The van der Waals surface area contributed by atoms with Gasteiger partial charge in [0.15, 0.2) is 0 Å². The molecule has 0 aliphatic carbocycles. The van der Waals surface area contributed by atoms with Crippen LogP contribution in [-0.4, -0.2) is 18.1 Å². The van der Waals surface area contributed by atoms with Gasteiger partial charge < -0.3 is 9.47 Å². The van der Waals surface area contributed by atoms with Gasteiger partial charge in [-0.15, -0.1) is 0 Å². The van der Waals surface area contributed by atoms with Crippen LogP contribution in [0.2, 0.25) is 0 Å². The maximum Gasteiger partial charge on any atom is 0.344 e. The van der Waals surface area contributed by atoms with Crippen LogP contribution in [0.25, 0.3) is 22.2 Å². The van der Waals surface area contributed by atoms with Crippen molar-refractivity contribution in [2.45, 2.75) is 47.0 Å². The Labute approximate surface area is 201 Å². The van der Waals surface area contributed by atoms with E-state index in [0.29, 0.717) is 11.3 Å². The molecule has 0 bridgehead atoms. The standard InChI is InChI=1S/C30H31NO3/c1-18-16-19(2)27-25(17-18)26(20(3)28(31-27)21-8-12-23(33-7)13-9-21)29(32)34-24-14-10-22(11-15-24)30(4,5)6/h8-17H,1-7H3. The van der Waals surface area contributed by atoms with Crippen LogP contribution in [-0.2, 0) is 5.41 Å². The predicted molar refractivity (Wildman–Crippen MR) is 138 cm³/mol. The fourth-order valence-electron chi connectivity index (χ4n) is 4.29. The number of aryl methyl sites for hydroxylation is 2. The summed E-state index contributed by atoms with van der Waals surface area (Å²) in [4.78, 5) is 18.5. The van der Waals surface area contributed by atoms with E-state index in [0.717, 1.165) is 44.6 Å². The average Bonchev–Trinajstić information content (AvgIpc) is 2.78. The molecule has 4 nitrogen and oxygen atoms in total. The minimum absolute atomic E-state index is 0.0305. The number of benzene rings is 3. The van der Waals surface area contributed by atoms with Gasteiger partial charge >= 0.3 is 5.97 Å². The number of carbonyl (C=O) groups is 1. The minimum atomic E-state index is -0.381. The molecule has 3 aromatic carbocycles. The fraction of sp³-hybridized carbons (Fsp3) is 0.267. The Morgan fingerprint density at radius 2 is 1.47 bits per heavy atom. The Bertz CT molecular complexity index is 1360. The summed E-state index contributed by atoms with van der Waals surface area (Å²) in [6, 6.07) is 19.6. The number of aromatic nitrogens is 1. The zero-order valence-corrected chi connectivity index (χ0v) is 20.9. The molecule has 1 aromatic heterocycles. The SMILES string of the molecule is COc1ccc(-c2nc3c(C)cc(C)cc3c(C(=O)Oc3ccc(C(C)(C)C)cc3)c2C)cc1. The van der Waals surface area contributed by atoms with Crippen molar-refractivity contribution in [2.24, 2.45) is 0 Å². The highest BCUT2D eigenvalue weighted by Crippen LogP contribution is 2.33. The molecule has 0 N–H and O–H groups in total. The van der Waals surface area contributed by atoms with Gasteiger partial charge in [0.25, 0.3) is 0 Å². The maximum atomic E-state index is 13.6. The summed E-state index contributed by atoms with van der Waals surface area (Å²) < 4.78 is 11.2. The van der Waals surface area contributed by atoms with Crippen LogP contribution in [0.3, 0.4) is 0 Å². The van der Waals surface area contributed by atoms with Crippen LogP contribution >= 0.6 is 0 Å². The Hall–Kier alpha value is -3.66. The minimum Gasteiger partial charge on any atom is -0.497 e. The van der Waals surface area contributed by atoms with E-state index in [-0.39, 0.29) is 11.4 Å². The van der Waals surface area contributed by atoms with Gasteiger partial charge in [-0.05, 0) is 85.3 Å². The van der Waals surface area contributed by atoms with Crippen LogP contribution in [0.5, 0.6) is 11.5 Å². The lowest BCUT2D eigenvalue weighted by Gasteiger charge is -2.19. The van der Waals surface area contributed by atoms with E-state index in [1.807, 2.05) is 75.4 Å². The first kappa shape index (κ1) is 23.5. The van der Waals surface area contributed by atoms with Crippen LogP contribution < -0.4 is 9.47 Å². The molecule has 4 aromatic rings. The molecule has 0 fully saturated rings. The van der Waals surface area contributed by atoms with Crippen molar-refractivity contribution in [3.8, 4) is 22.8 Å². The Kier molecular flexibility index (Phi) is 6.18. The molecule has 0 saturated carbocycles. The summed E-state index contributed by atoms with van der Waals surface area (Å²) in [6.45, 7) is 12.5. The zero-order valence-electron chi connectivity index (χ0n) is 20.9. The molecule has 0 amide bonds. The van der Waals surface area contributed by atoms with Crippen LogP contribution in [0.1, 0.15) is 53.4 Å². The van der Waals surface area contributed by atoms with Gasteiger partial charge in [0, 0.05) is 10.9 Å². The second-order valence-corrected chi connectivity index (χ2v) is 9.83. The molecule has 0 saturated heterocycles. The van der Waals surface area contributed by atoms with Crippen molar-refractivity contribution in [1.82, 2.24) is 4.98 Å². The van der Waals surface area contributed by atoms with Crippen LogP contribution in [0.4, 0.5) is 0 Å². The third-order valence-corrected chi connectivity index (χ3v) is 6.17. The molecule has 4 heteroatoms. The van der Waals surface area contributed by atoms with Crippen molar-refractivity contribution in [2.75, 3.05) is 7.11 Å². The van der Waals surface area contributed by atoms with Crippen molar-refractivity contribution in [1.29, 1.82) is 0 Å². The van der Waals surface area contributed by atoms with E-state index in [4.69, 9.17) is 14.5 Å². The smallest absolute Gasteiger partial charge is 0.344 e. The maximum absolute atomic E-state index is 13.6. The number of hydrogen-bond donors (Lipinski definition) is 0. The quantitative estimate of drug-likeness (QED) is 0.239. The molecule has 0 aliphatic heterocycles. The van der Waals surface area contributed by atoms with E-state index in [9.17, 15) is 4.79 Å². The number of esters is 1. The molecule has 0 radical (unpaired) electrons. The number of fused-ring (bicyclic) bond motifs is 1. The zero-order chi connectivity index (χ0) is 24.6. The Morgan fingerprint density at radius 1 is 0.853 bits per heavy atom. The lowest BCUT2D eigenvalue weighted by atomic mass is 9.87. The lowest BCUT2D eigenvalue weighted by Crippen LogP contribution is -2.14. The second-order valence-electron chi connectivity index (χ2n) is 9.83. The van der Waals surface area contributed by atoms with Crippen molar-refractivity contribution < 1.29 is 14.3 Å². The van der Waals surface area contributed by atoms with Gasteiger partial charge in [-0.2, -0.15) is 0 Å². The molecule has 0 unspecified atom stereocenters. The van der Waals surface area contributed by atoms with Crippen molar-refractivity contribution in [3.63, 3.8) is 0 Å². The van der Waals surface area contributed by atoms with Crippen LogP contribution in [0.15, 0.2) is 60.7 Å². The number of rotatable bonds is 4. The van der Waals surface area contributed by atoms with Gasteiger partial charge in [0.1, 0.15) is 11.5 Å². The monoisotopic (exact) mass is 453 g/mol. The summed E-state index contributed by atoms with van der Waals surface area (Å²) in [5, 5.41) is 0.809. The predicted octanol–water partition coefficient (Wildman–Crippen LogP) is 7.35. The second kappa shape index (κ2) is 8.94. The average molecular weight is 454 g/mol. The molecule has 0 aliphatic rings. The third kappa shape index (κ3) is 4.54. The summed E-state index contributed by atoms with van der Waals surface area (Å²) >= 11 is 0. The molecule has 1 heterocycles. The van der Waals surface area contributed by atoms with E-state index < -0.39 is 0 Å². The normalized spacial score (nSPS) is 11.5. The van der Waals surface area contributed by atoms with Gasteiger partial charge in [-0.3, -0.25) is 0 Å². The molecule has 4 rings (SSSR count). The van der Waals surface area contributed by atoms with E-state index in [2.05, 4.69) is 26.8 Å². The Morgan fingerprint density at radius 3 is 2.06 bits per heavy atom. The molecule has 0 spiro atoms. The number of carbonyl (C=O) groups excluding carboxylic acids is 1. The molecular formula is C30H31NO3. The fourth-order valence-corrected chi connectivity index (χ4v) is 4.29. The van der Waals surface area contributed by atoms with Crippen molar-refractivity contribution >= 4 is 16.9 Å². The summed E-state index contributed by atoms with van der Waals surface area (Å²) in [5.41, 5.74) is 7.13. The van der Waals surface area contributed by atoms with Crippen LogP contribution in [0, 0.1) is 20.8 Å². The number of methoxy groups -OCH3 is 1. The van der Waals surface area contributed by atoms with E-state index in [1.54, 1.807) is 7.11 Å². The first-order valence-electron chi connectivity index (χ1n) is 11.5. The number of hydrogen-bond acceptors (Lipinski definition) is 4. The van der Waals surface area contributed by atoms with Gasteiger partial charge in [-0.1, -0.05) is 44.5 Å². The summed E-state index contributed by atoms with van der Waals surface area (Å²) in [5.74, 6) is 0.915. The number of ether oxygens (including phenoxy) is 2. The topological polar surface area (TPSA) is 48.4 Å². The van der Waals surface area contributed by atoms with Crippen molar-refractivity contribution in [3.05, 3.63) is 88.5 Å². The first-order chi connectivity index (χ1) is 16.1. The summed E-state index contributed by atoms with van der Waals surface area (Å²) in [6.07, 6.45) is 0. The Balaban J connectivity index is 1.84. The highest BCUT2D eigenvalue weighted by atomic mass is 16.5. The molecule has 0 atom stereocenters. The molecule has 34 heavy (non-hydrogen) atoms. The highest BCUT2D eigenvalue weighted by molar-refractivity contribution is 6.08. The highest BCUT2D eigenvalue weighted by Gasteiger charge is 2.22. The first-order valence-corrected chi connectivity index (χ1v) is 11.5.